The molecule has 15 heavy (non-hydrogen) atoms. The lowest BCUT2D eigenvalue weighted by Gasteiger charge is -2.06. The van der Waals surface area contributed by atoms with Crippen LogP contribution in [0, 0.1) is 0 Å². The predicted octanol–water partition coefficient (Wildman–Crippen LogP) is 0.907. The molecule has 0 aliphatic carbocycles. The van der Waals surface area contributed by atoms with Gasteiger partial charge < -0.3 is 20.1 Å². The van der Waals surface area contributed by atoms with Crippen molar-refractivity contribution in [3.63, 3.8) is 0 Å². The monoisotopic (exact) mass is 212 g/mol. The van der Waals surface area contributed by atoms with Crippen molar-refractivity contribution in [3.8, 4) is 0 Å². The third-order valence-corrected chi connectivity index (χ3v) is 2.37. The van der Waals surface area contributed by atoms with Crippen LogP contribution in [0.4, 0.5) is 0 Å². The van der Waals surface area contributed by atoms with Gasteiger partial charge in [-0.2, -0.15) is 0 Å². The molecule has 1 unspecified atom stereocenters. The molecule has 1 atom stereocenters. The summed E-state index contributed by atoms with van der Waals surface area (Å²) < 4.78 is 7.24. The molecule has 1 aromatic heterocycles. The summed E-state index contributed by atoms with van der Waals surface area (Å²) in [6.07, 6.45) is 5.01. The topological polar surface area (TPSA) is 60.4 Å². The van der Waals surface area contributed by atoms with E-state index in [1.54, 1.807) is 0 Å². The normalized spacial score (nSPS) is 13.0. The second kappa shape index (κ2) is 6.61. The fourth-order valence-corrected chi connectivity index (χ4v) is 1.39. The van der Waals surface area contributed by atoms with Gasteiger partial charge >= 0.3 is 0 Å². The summed E-state index contributed by atoms with van der Waals surface area (Å²) in [5.74, 6) is 0. The minimum Gasteiger partial charge on any atom is -0.394 e. The van der Waals surface area contributed by atoms with Gasteiger partial charge in [-0.15, -0.1) is 0 Å². The first kappa shape index (κ1) is 12.2. The van der Waals surface area contributed by atoms with Crippen molar-refractivity contribution in [1.82, 2.24) is 4.57 Å². The SMILES string of the molecule is CCC(N)c1ccn(CCOCCO)c1. The molecule has 0 fully saturated rings. The summed E-state index contributed by atoms with van der Waals surface area (Å²) in [4.78, 5) is 0. The highest BCUT2D eigenvalue weighted by Gasteiger charge is 2.04. The number of hydrogen-bond donors (Lipinski definition) is 2. The molecule has 1 rings (SSSR count). The van der Waals surface area contributed by atoms with Crippen LogP contribution >= 0.6 is 0 Å². The van der Waals surface area contributed by atoms with Crippen LogP contribution in [-0.4, -0.2) is 29.5 Å². The maximum Gasteiger partial charge on any atom is 0.0698 e. The summed E-state index contributed by atoms with van der Waals surface area (Å²) in [6.45, 7) is 3.99. The van der Waals surface area contributed by atoms with Crippen LogP contribution in [0.25, 0.3) is 0 Å². The third kappa shape index (κ3) is 4.03. The van der Waals surface area contributed by atoms with Crippen molar-refractivity contribution in [2.24, 2.45) is 5.73 Å². The van der Waals surface area contributed by atoms with Crippen molar-refractivity contribution >= 4 is 0 Å². The summed E-state index contributed by atoms with van der Waals surface area (Å²) >= 11 is 0. The van der Waals surface area contributed by atoms with Gasteiger partial charge in [0, 0.05) is 25.0 Å². The molecule has 86 valence electrons. The van der Waals surface area contributed by atoms with Gasteiger partial charge in [0.2, 0.25) is 0 Å². The van der Waals surface area contributed by atoms with Crippen LogP contribution < -0.4 is 5.73 Å². The molecule has 0 spiro atoms. The van der Waals surface area contributed by atoms with E-state index in [0.29, 0.717) is 13.2 Å². The van der Waals surface area contributed by atoms with E-state index in [0.717, 1.165) is 13.0 Å². The summed E-state index contributed by atoms with van der Waals surface area (Å²) in [5, 5.41) is 8.52. The number of aliphatic hydroxyl groups excluding tert-OH is 1. The molecule has 3 N–H and O–H groups in total. The molecule has 4 heteroatoms. The predicted molar refractivity (Wildman–Crippen MR) is 59.6 cm³/mol. The van der Waals surface area contributed by atoms with Crippen molar-refractivity contribution in [2.75, 3.05) is 19.8 Å². The fourth-order valence-electron chi connectivity index (χ4n) is 1.39. The molecule has 0 aliphatic rings. The number of rotatable bonds is 7. The fraction of sp³-hybridized carbons (Fsp3) is 0.636. The lowest BCUT2D eigenvalue weighted by Crippen LogP contribution is -2.09. The maximum atomic E-state index is 8.52. The Hall–Kier alpha value is -0.840. The number of ether oxygens (including phenoxy) is 1. The van der Waals surface area contributed by atoms with Crippen molar-refractivity contribution in [1.29, 1.82) is 0 Å². The smallest absolute Gasteiger partial charge is 0.0698 e. The van der Waals surface area contributed by atoms with Crippen LogP contribution in [0.1, 0.15) is 24.9 Å². The molecule has 0 aliphatic heterocycles. The van der Waals surface area contributed by atoms with E-state index < -0.39 is 0 Å². The first-order valence-corrected chi connectivity index (χ1v) is 5.37. The number of nitrogens with two attached hydrogens (primary N) is 1. The van der Waals surface area contributed by atoms with Crippen molar-refractivity contribution in [3.05, 3.63) is 24.0 Å². The van der Waals surface area contributed by atoms with E-state index in [2.05, 4.69) is 17.7 Å². The van der Waals surface area contributed by atoms with E-state index in [-0.39, 0.29) is 12.6 Å². The molecule has 0 saturated heterocycles. The van der Waals surface area contributed by atoms with Gasteiger partial charge in [-0.05, 0) is 18.1 Å². The van der Waals surface area contributed by atoms with Gasteiger partial charge in [0.05, 0.1) is 19.8 Å². The number of aliphatic hydroxyl groups is 1. The second-order valence-corrected chi connectivity index (χ2v) is 3.53. The standard InChI is InChI=1S/C11H20N2O2/c1-2-11(12)10-3-4-13(9-10)5-7-15-8-6-14/h3-4,9,11,14H,2,5-8,12H2,1H3. The minimum absolute atomic E-state index is 0.0810. The summed E-state index contributed by atoms with van der Waals surface area (Å²) in [5.41, 5.74) is 7.07. The molecule has 0 saturated carbocycles. The maximum absolute atomic E-state index is 8.52. The van der Waals surface area contributed by atoms with Gasteiger partial charge in [-0.25, -0.2) is 0 Å². The Kier molecular flexibility index (Phi) is 5.39. The highest BCUT2D eigenvalue weighted by Crippen LogP contribution is 2.13. The van der Waals surface area contributed by atoms with Gasteiger partial charge in [0.15, 0.2) is 0 Å². The van der Waals surface area contributed by atoms with Crippen LogP contribution in [0.3, 0.4) is 0 Å². The highest BCUT2D eigenvalue weighted by atomic mass is 16.5. The van der Waals surface area contributed by atoms with Crippen molar-refractivity contribution in [2.45, 2.75) is 25.9 Å². The zero-order valence-corrected chi connectivity index (χ0v) is 9.22. The third-order valence-electron chi connectivity index (χ3n) is 2.37. The molecule has 0 aromatic carbocycles. The summed E-state index contributed by atoms with van der Waals surface area (Å²) in [7, 11) is 0. The van der Waals surface area contributed by atoms with Crippen molar-refractivity contribution < 1.29 is 9.84 Å². The molecule has 0 bridgehead atoms. The Labute approximate surface area is 90.7 Å². The minimum atomic E-state index is 0.0810. The number of aromatic nitrogens is 1. The molecule has 0 amide bonds. The molecular weight excluding hydrogens is 192 g/mol. The molecule has 0 radical (unpaired) electrons. The summed E-state index contributed by atoms with van der Waals surface area (Å²) in [6, 6.07) is 2.17. The van der Waals surface area contributed by atoms with E-state index in [4.69, 9.17) is 15.6 Å². The number of hydrogen-bond acceptors (Lipinski definition) is 3. The first-order chi connectivity index (χ1) is 7.27. The largest absolute Gasteiger partial charge is 0.394 e. The zero-order valence-electron chi connectivity index (χ0n) is 9.22. The molecular formula is C11H20N2O2. The van der Waals surface area contributed by atoms with Gasteiger partial charge in [0.25, 0.3) is 0 Å². The van der Waals surface area contributed by atoms with E-state index in [1.165, 1.54) is 5.56 Å². The molecule has 1 heterocycles. The Morgan fingerprint density at radius 1 is 1.53 bits per heavy atom. The van der Waals surface area contributed by atoms with Gasteiger partial charge in [0.1, 0.15) is 0 Å². The van der Waals surface area contributed by atoms with E-state index >= 15 is 0 Å². The lowest BCUT2D eigenvalue weighted by atomic mass is 10.1. The quantitative estimate of drug-likeness (QED) is 0.660. The van der Waals surface area contributed by atoms with Crippen LogP contribution in [0.2, 0.25) is 0 Å². The average Bonchev–Trinajstić information content (AvgIpc) is 2.72. The van der Waals surface area contributed by atoms with Crippen LogP contribution in [-0.2, 0) is 11.3 Å². The van der Waals surface area contributed by atoms with Gasteiger partial charge in [-0.3, -0.25) is 0 Å². The molecule has 4 nitrogen and oxygen atoms in total. The lowest BCUT2D eigenvalue weighted by molar-refractivity contribution is 0.0870. The number of nitrogens with zero attached hydrogens (tertiary/aromatic N) is 1. The first-order valence-electron chi connectivity index (χ1n) is 5.37. The van der Waals surface area contributed by atoms with Crippen LogP contribution in [0.5, 0.6) is 0 Å². The Morgan fingerprint density at radius 3 is 3.00 bits per heavy atom. The average molecular weight is 212 g/mol. The van der Waals surface area contributed by atoms with E-state index in [9.17, 15) is 0 Å². The molecule has 1 aromatic rings. The second-order valence-electron chi connectivity index (χ2n) is 3.53. The van der Waals surface area contributed by atoms with Gasteiger partial charge in [-0.1, -0.05) is 6.92 Å². The zero-order chi connectivity index (χ0) is 11.1. The Bertz CT molecular complexity index is 273. The Morgan fingerprint density at radius 2 is 2.33 bits per heavy atom. The highest BCUT2D eigenvalue weighted by molar-refractivity contribution is 5.14. The Balaban J connectivity index is 2.33. The van der Waals surface area contributed by atoms with E-state index in [1.807, 2.05) is 12.3 Å². The van der Waals surface area contributed by atoms with Crippen LogP contribution in [0.15, 0.2) is 18.5 Å².